The van der Waals surface area contributed by atoms with Crippen LogP contribution in [0.3, 0.4) is 0 Å². The Hall–Kier alpha value is -1.40. The summed E-state index contributed by atoms with van der Waals surface area (Å²) in [5, 5.41) is 3.04. The van der Waals surface area contributed by atoms with Crippen LogP contribution in [0.15, 0.2) is 28.7 Å². The molecule has 4 heterocycles. The van der Waals surface area contributed by atoms with Gasteiger partial charge in [-0.05, 0) is 75.1 Å². The molecule has 1 N–H and O–H groups in total. The van der Waals surface area contributed by atoms with Crippen molar-refractivity contribution in [2.24, 2.45) is 11.8 Å². The summed E-state index contributed by atoms with van der Waals surface area (Å²) in [4.78, 5) is 30.8. The van der Waals surface area contributed by atoms with Crippen molar-refractivity contribution >= 4 is 27.7 Å². The van der Waals surface area contributed by atoms with Crippen molar-refractivity contribution in [3.05, 3.63) is 34.3 Å². The van der Waals surface area contributed by atoms with Crippen molar-refractivity contribution in [3.8, 4) is 0 Å². The largest absolute Gasteiger partial charge is 0.344 e. The summed E-state index contributed by atoms with van der Waals surface area (Å²) < 4.78 is 0.936. The summed E-state index contributed by atoms with van der Waals surface area (Å²) in [7, 11) is 0. The molecule has 1 aromatic rings. The number of amides is 2. The molecule has 2 amide bonds. The number of carbonyl (C=O) groups excluding carboxylic acids is 2. The van der Waals surface area contributed by atoms with Crippen LogP contribution < -0.4 is 5.32 Å². The van der Waals surface area contributed by atoms with E-state index in [9.17, 15) is 9.59 Å². The monoisotopic (exact) mass is 459 g/mol. The van der Waals surface area contributed by atoms with Gasteiger partial charge in [0.25, 0.3) is 0 Å². The van der Waals surface area contributed by atoms with Gasteiger partial charge in [-0.3, -0.25) is 14.5 Å². The number of carbonyl (C=O) groups is 2. The van der Waals surface area contributed by atoms with E-state index >= 15 is 0 Å². The molecule has 1 aromatic carbocycles. The SMILES string of the molecule is O=C(Cc1ccccc1Br)NC1CC[C@@H]2[C@H]3CCCN4CCC[C@@H](CN2C1=O)[C@@H]34. The van der Waals surface area contributed by atoms with Gasteiger partial charge in [0, 0.05) is 23.1 Å². The first-order valence-electron chi connectivity index (χ1n) is 11.2. The topological polar surface area (TPSA) is 52.7 Å². The molecule has 5 nitrogen and oxygen atoms in total. The van der Waals surface area contributed by atoms with E-state index < -0.39 is 0 Å². The molecule has 5 atom stereocenters. The second-order valence-electron chi connectivity index (χ2n) is 9.26. The molecule has 0 saturated carbocycles. The van der Waals surface area contributed by atoms with Crippen molar-refractivity contribution < 1.29 is 9.59 Å². The van der Waals surface area contributed by atoms with Gasteiger partial charge in [-0.15, -0.1) is 0 Å². The van der Waals surface area contributed by atoms with Crippen molar-refractivity contribution in [2.45, 2.75) is 63.1 Å². The summed E-state index contributed by atoms with van der Waals surface area (Å²) in [6, 6.07) is 8.48. The fourth-order valence-corrected chi connectivity index (χ4v) is 6.90. The average Bonchev–Trinajstić information content (AvgIpc) is 2.73. The standard InChI is InChI=1S/C23H30BrN3O2/c24-18-8-2-1-5-15(18)13-21(28)25-19-9-10-20-17-7-4-12-26-11-3-6-16(22(17)26)14-27(20)23(19)29/h1-2,5,8,16-17,19-20,22H,3-4,6-7,9-14H2,(H,25,28)/t16-,17+,19?,20+,22-/m0/s1. The fourth-order valence-electron chi connectivity index (χ4n) is 6.47. The Morgan fingerprint density at radius 3 is 2.72 bits per heavy atom. The van der Waals surface area contributed by atoms with Gasteiger partial charge in [0.05, 0.1) is 6.42 Å². The van der Waals surface area contributed by atoms with Gasteiger partial charge in [-0.25, -0.2) is 0 Å². The summed E-state index contributed by atoms with van der Waals surface area (Å²) in [5.74, 6) is 1.33. The fraction of sp³-hybridized carbons (Fsp3) is 0.652. The molecule has 156 valence electrons. The molecular weight excluding hydrogens is 430 g/mol. The minimum Gasteiger partial charge on any atom is -0.344 e. The molecule has 5 rings (SSSR count). The lowest BCUT2D eigenvalue weighted by molar-refractivity contribution is -0.155. The highest BCUT2D eigenvalue weighted by Gasteiger charge is 2.52. The van der Waals surface area contributed by atoms with Crippen LogP contribution in [-0.2, 0) is 16.0 Å². The number of nitrogens with one attached hydrogen (secondary N) is 1. The predicted octanol–water partition coefficient (Wildman–Crippen LogP) is 2.97. The number of rotatable bonds is 3. The molecule has 6 heteroatoms. The first kappa shape index (κ1) is 19.6. The van der Waals surface area contributed by atoms with Crippen LogP contribution in [0.25, 0.3) is 0 Å². The van der Waals surface area contributed by atoms with Crippen LogP contribution in [0, 0.1) is 11.8 Å². The summed E-state index contributed by atoms with van der Waals surface area (Å²) >= 11 is 3.51. The highest BCUT2D eigenvalue weighted by Crippen LogP contribution is 2.44. The van der Waals surface area contributed by atoms with Crippen LogP contribution in [0.2, 0.25) is 0 Å². The van der Waals surface area contributed by atoms with Crippen LogP contribution in [0.4, 0.5) is 0 Å². The number of halogens is 1. The van der Waals surface area contributed by atoms with Gasteiger partial charge in [0.2, 0.25) is 11.8 Å². The van der Waals surface area contributed by atoms with E-state index in [1.807, 2.05) is 24.3 Å². The lowest BCUT2D eigenvalue weighted by Gasteiger charge is -2.59. The van der Waals surface area contributed by atoms with Gasteiger partial charge in [0.1, 0.15) is 6.04 Å². The maximum absolute atomic E-state index is 13.3. The molecule has 4 saturated heterocycles. The van der Waals surface area contributed by atoms with Crippen molar-refractivity contribution in [3.63, 3.8) is 0 Å². The smallest absolute Gasteiger partial charge is 0.245 e. The molecule has 0 bridgehead atoms. The molecule has 29 heavy (non-hydrogen) atoms. The van der Waals surface area contributed by atoms with Crippen LogP contribution in [0.1, 0.15) is 44.1 Å². The Morgan fingerprint density at radius 2 is 1.90 bits per heavy atom. The van der Waals surface area contributed by atoms with Gasteiger partial charge in [-0.2, -0.15) is 0 Å². The molecule has 0 spiro atoms. The third-order valence-corrected chi connectivity index (χ3v) is 8.42. The second-order valence-corrected chi connectivity index (χ2v) is 10.1. The number of piperidine rings is 4. The number of fused-ring (bicyclic) bond motifs is 2. The second kappa shape index (κ2) is 8.03. The molecule has 4 fully saturated rings. The van der Waals surface area contributed by atoms with E-state index in [0.717, 1.165) is 29.4 Å². The number of nitrogens with zero attached hydrogens (tertiary/aromatic N) is 2. The molecule has 4 aliphatic rings. The van der Waals surface area contributed by atoms with Crippen LogP contribution in [-0.4, -0.2) is 59.4 Å². The molecule has 0 aromatic heterocycles. The van der Waals surface area contributed by atoms with Crippen LogP contribution >= 0.6 is 15.9 Å². The summed E-state index contributed by atoms with van der Waals surface area (Å²) in [6.07, 6.45) is 7.11. The first-order valence-corrected chi connectivity index (χ1v) is 12.0. The highest BCUT2D eigenvalue weighted by molar-refractivity contribution is 9.10. The Labute approximate surface area is 181 Å². The Bertz CT molecular complexity index is 798. The third kappa shape index (κ3) is 3.63. The Morgan fingerprint density at radius 1 is 1.10 bits per heavy atom. The normalized spacial score (nSPS) is 34.3. The van der Waals surface area contributed by atoms with Gasteiger partial charge in [0.15, 0.2) is 0 Å². The Balaban J connectivity index is 1.27. The summed E-state index contributed by atoms with van der Waals surface area (Å²) in [5.41, 5.74) is 0.955. The number of benzene rings is 1. The highest BCUT2D eigenvalue weighted by atomic mass is 79.9. The summed E-state index contributed by atoms with van der Waals surface area (Å²) in [6.45, 7) is 3.37. The van der Waals surface area contributed by atoms with Crippen molar-refractivity contribution in [2.75, 3.05) is 19.6 Å². The number of hydrogen-bond donors (Lipinski definition) is 1. The lowest BCUT2D eigenvalue weighted by Crippen LogP contribution is -2.69. The zero-order chi connectivity index (χ0) is 20.0. The maximum Gasteiger partial charge on any atom is 0.245 e. The van der Waals surface area contributed by atoms with E-state index in [-0.39, 0.29) is 17.9 Å². The minimum absolute atomic E-state index is 0.0647. The number of hydrogen-bond acceptors (Lipinski definition) is 3. The third-order valence-electron chi connectivity index (χ3n) is 7.65. The zero-order valence-electron chi connectivity index (χ0n) is 16.9. The van der Waals surface area contributed by atoms with Gasteiger partial charge in [-0.1, -0.05) is 34.1 Å². The van der Waals surface area contributed by atoms with E-state index in [0.29, 0.717) is 30.3 Å². The Kier molecular flexibility index (Phi) is 5.41. The maximum atomic E-state index is 13.3. The van der Waals surface area contributed by atoms with Crippen molar-refractivity contribution in [1.29, 1.82) is 0 Å². The molecule has 0 radical (unpaired) electrons. The van der Waals surface area contributed by atoms with Crippen molar-refractivity contribution in [1.82, 2.24) is 15.1 Å². The lowest BCUT2D eigenvalue weighted by atomic mass is 9.67. The zero-order valence-corrected chi connectivity index (χ0v) is 18.4. The quantitative estimate of drug-likeness (QED) is 0.755. The van der Waals surface area contributed by atoms with E-state index in [4.69, 9.17) is 0 Å². The van der Waals surface area contributed by atoms with E-state index in [2.05, 4.69) is 31.0 Å². The molecule has 1 unspecified atom stereocenters. The molecule has 4 aliphatic heterocycles. The van der Waals surface area contributed by atoms with E-state index in [1.165, 1.54) is 38.8 Å². The van der Waals surface area contributed by atoms with E-state index in [1.54, 1.807) is 0 Å². The van der Waals surface area contributed by atoms with Gasteiger partial charge < -0.3 is 10.2 Å². The first-order chi connectivity index (χ1) is 14.1. The minimum atomic E-state index is -0.360. The average molecular weight is 460 g/mol. The van der Waals surface area contributed by atoms with Gasteiger partial charge >= 0.3 is 0 Å². The van der Waals surface area contributed by atoms with Crippen LogP contribution in [0.5, 0.6) is 0 Å². The predicted molar refractivity (Wildman–Crippen MR) is 115 cm³/mol. The molecular formula is C23H30BrN3O2. The molecule has 0 aliphatic carbocycles.